The molecule has 6 heteroatoms. The van der Waals surface area contributed by atoms with E-state index in [1.165, 1.54) is 12.8 Å². The Balaban J connectivity index is 1.75. The molecular formula is C26H33N5O. The predicted octanol–water partition coefficient (Wildman–Crippen LogP) is 4.74. The van der Waals surface area contributed by atoms with Crippen molar-refractivity contribution in [1.82, 2.24) is 14.9 Å². The topological polar surface area (TPSA) is 61.7 Å². The average molecular weight is 432 g/mol. The van der Waals surface area contributed by atoms with Gasteiger partial charge in [0.1, 0.15) is 11.6 Å². The van der Waals surface area contributed by atoms with Crippen LogP contribution in [0.1, 0.15) is 51.9 Å². The van der Waals surface area contributed by atoms with Crippen molar-refractivity contribution in [2.45, 2.75) is 58.4 Å². The number of benzene rings is 1. The second-order valence-corrected chi connectivity index (χ2v) is 9.95. The van der Waals surface area contributed by atoms with E-state index in [2.05, 4.69) is 49.4 Å². The van der Waals surface area contributed by atoms with Gasteiger partial charge in [-0.15, -0.1) is 0 Å². The first-order chi connectivity index (χ1) is 15.0. The summed E-state index contributed by atoms with van der Waals surface area (Å²) in [6.45, 7) is 14.3. The molecule has 1 aromatic carbocycles. The number of fused-ring (bicyclic) bond motifs is 1. The molecule has 2 heterocycles. The number of aryl methyl sites for hydroxylation is 1. The molecule has 32 heavy (non-hydrogen) atoms. The zero-order valence-electron chi connectivity index (χ0n) is 20.2. The molecule has 6 nitrogen and oxygen atoms in total. The standard InChI is InChI=1S/C26H33N5O/c1-16(26(6,30(7)8)21-10-11-21)29-18(3)31-23-13-19(20-14-27-17(2)28-15-20)9-12-22(23)25(4,5)24(31)32/h9,12-15,21H,3,10-11H2,1-2,4-8H3/t26-/m1/s1. The minimum atomic E-state index is -0.647. The van der Waals surface area contributed by atoms with Crippen LogP contribution in [0.3, 0.4) is 0 Å². The summed E-state index contributed by atoms with van der Waals surface area (Å²) in [6, 6.07) is 6.08. The first-order valence-corrected chi connectivity index (χ1v) is 11.2. The fourth-order valence-corrected chi connectivity index (χ4v) is 4.71. The molecule has 168 valence electrons. The minimum absolute atomic E-state index is 0.00988. The molecular weight excluding hydrogens is 398 g/mol. The Labute approximate surface area is 191 Å². The van der Waals surface area contributed by atoms with Crippen LogP contribution in [0.15, 0.2) is 48.0 Å². The minimum Gasteiger partial charge on any atom is -0.299 e. The maximum absolute atomic E-state index is 13.5. The molecule has 2 aliphatic rings. The van der Waals surface area contributed by atoms with Gasteiger partial charge in [0.2, 0.25) is 5.91 Å². The number of rotatable bonds is 6. The molecule has 1 fully saturated rings. The van der Waals surface area contributed by atoms with Crippen molar-refractivity contribution in [2.75, 3.05) is 19.0 Å². The van der Waals surface area contributed by atoms with Gasteiger partial charge in [0.25, 0.3) is 0 Å². The molecule has 1 aliphatic carbocycles. The van der Waals surface area contributed by atoms with Gasteiger partial charge in [0.05, 0.1) is 16.6 Å². The lowest BCUT2D eigenvalue weighted by Gasteiger charge is -2.37. The molecule has 1 atom stereocenters. The van der Waals surface area contributed by atoms with Crippen LogP contribution >= 0.6 is 0 Å². The summed E-state index contributed by atoms with van der Waals surface area (Å²) in [7, 11) is 4.19. The Kier molecular flexibility index (Phi) is 5.32. The van der Waals surface area contributed by atoms with Gasteiger partial charge < -0.3 is 0 Å². The van der Waals surface area contributed by atoms with Crippen LogP contribution in [0.4, 0.5) is 5.69 Å². The number of aromatic nitrogens is 2. The Hall–Kier alpha value is -2.86. The lowest BCUT2D eigenvalue weighted by atomic mass is 9.85. The second kappa shape index (κ2) is 7.62. The first kappa shape index (κ1) is 22.3. The fourth-order valence-electron chi connectivity index (χ4n) is 4.71. The molecule has 0 radical (unpaired) electrons. The maximum Gasteiger partial charge on any atom is 0.242 e. The molecule has 0 bridgehead atoms. The van der Waals surface area contributed by atoms with Crippen LogP contribution in [0.2, 0.25) is 0 Å². The average Bonchev–Trinajstić information content (AvgIpc) is 3.56. The molecule has 1 saturated carbocycles. The van der Waals surface area contributed by atoms with E-state index in [0.29, 0.717) is 11.7 Å². The number of carbonyl (C=O) groups is 1. The van der Waals surface area contributed by atoms with Gasteiger partial charge in [-0.05, 0) is 84.7 Å². The third-order valence-corrected chi connectivity index (χ3v) is 7.35. The van der Waals surface area contributed by atoms with Gasteiger partial charge in [-0.1, -0.05) is 18.7 Å². The Bertz CT molecular complexity index is 1110. The highest BCUT2D eigenvalue weighted by atomic mass is 16.2. The summed E-state index contributed by atoms with van der Waals surface area (Å²) < 4.78 is 0. The molecule has 4 rings (SSSR count). The molecule has 1 aromatic heterocycles. The zero-order valence-corrected chi connectivity index (χ0v) is 20.2. The summed E-state index contributed by atoms with van der Waals surface area (Å²) in [5, 5.41) is 0. The molecule has 0 N–H and O–H groups in total. The molecule has 2 aromatic rings. The summed E-state index contributed by atoms with van der Waals surface area (Å²) in [5.41, 5.74) is 3.87. The van der Waals surface area contributed by atoms with Gasteiger partial charge in [-0.3, -0.25) is 14.6 Å². The predicted molar refractivity (Wildman–Crippen MR) is 130 cm³/mol. The van der Waals surface area contributed by atoms with Crippen LogP contribution in [0.5, 0.6) is 0 Å². The fraction of sp³-hybridized carbons (Fsp3) is 0.462. The van der Waals surface area contributed by atoms with Crippen molar-refractivity contribution in [1.29, 1.82) is 0 Å². The molecule has 1 amide bonds. The highest BCUT2D eigenvalue weighted by molar-refractivity contribution is 6.10. The van der Waals surface area contributed by atoms with E-state index in [9.17, 15) is 4.79 Å². The lowest BCUT2D eigenvalue weighted by molar-refractivity contribution is -0.121. The zero-order chi connectivity index (χ0) is 23.4. The van der Waals surface area contributed by atoms with Crippen LogP contribution in [0.25, 0.3) is 11.1 Å². The van der Waals surface area contributed by atoms with Crippen molar-refractivity contribution in [2.24, 2.45) is 10.9 Å². The van der Waals surface area contributed by atoms with Crippen LogP contribution < -0.4 is 4.90 Å². The number of aliphatic imine (C=N–C) groups is 1. The van der Waals surface area contributed by atoms with Gasteiger partial charge >= 0.3 is 0 Å². The van der Waals surface area contributed by atoms with Crippen molar-refractivity contribution in [3.8, 4) is 11.1 Å². The Morgan fingerprint density at radius 3 is 2.41 bits per heavy atom. The Morgan fingerprint density at radius 2 is 1.84 bits per heavy atom. The van der Waals surface area contributed by atoms with E-state index in [-0.39, 0.29) is 11.4 Å². The van der Waals surface area contributed by atoms with E-state index < -0.39 is 5.41 Å². The quantitative estimate of drug-likeness (QED) is 0.620. The van der Waals surface area contributed by atoms with Crippen molar-refractivity contribution < 1.29 is 4.79 Å². The van der Waals surface area contributed by atoms with Gasteiger partial charge in [-0.25, -0.2) is 15.0 Å². The summed E-state index contributed by atoms with van der Waals surface area (Å²) in [5.74, 6) is 1.76. The highest BCUT2D eigenvalue weighted by Crippen LogP contribution is 2.46. The molecule has 0 saturated heterocycles. The monoisotopic (exact) mass is 431 g/mol. The summed E-state index contributed by atoms with van der Waals surface area (Å²) in [4.78, 5) is 30.9. The molecule has 0 spiro atoms. The maximum atomic E-state index is 13.5. The van der Waals surface area contributed by atoms with Crippen molar-refractivity contribution in [3.63, 3.8) is 0 Å². The van der Waals surface area contributed by atoms with Crippen molar-refractivity contribution in [3.05, 3.63) is 54.4 Å². The smallest absolute Gasteiger partial charge is 0.242 e. The van der Waals surface area contributed by atoms with E-state index in [4.69, 9.17) is 4.99 Å². The lowest BCUT2D eigenvalue weighted by Crippen LogP contribution is -2.49. The van der Waals surface area contributed by atoms with Gasteiger partial charge in [-0.2, -0.15) is 0 Å². The van der Waals surface area contributed by atoms with Crippen LogP contribution in [-0.4, -0.2) is 46.1 Å². The van der Waals surface area contributed by atoms with Crippen molar-refractivity contribution >= 4 is 17.3 Å². The van der Waals surface area contributed by atoms with E-state index in [1.807, 2.05) is 51.4 Å². The summed E-state index contributed by atoms with van der Waals surface area (Å²) in [6.07, 6.45) is 6.03. The number of carbonyl (C=O) groups excluding carboxylic acids is 1. The largest absolute Gasteiger partial charge is 0.299 e. The summed E-state index contributed by atoms with van der Waals surface area (Å²) >= 11 is 0. The third-order valence-electron chi connectivity index (χ3n) is 7.35. The molecule has 0 unspecified atom stereocenters. The Morgan fingerprint density at radius 1 is 1.22 bits per heavy atom. The second-order valence-electron chi connectivity index (χ2n) is 9.95. The number of amides is 1. The normalized spacial score (nSPS) is 19.8. The first-order valence-electron chi connectivity index (χ1n) is 11.2. The number of hydrogen-bond donors (Lipinski definition) is 0. The third kappa shape index (κ3) is 3.47. The highest BCUT2D eigenvalue weighted by Gasteiger charge is 2.47. The van der Waals surface area contributed by atoms with Crippen LogP contribution in [-0.2, 0) is 10.2 Å². The SMILES string of the molecule is C=C(N=C(C)[C@](C)(C1CC1)N(C)C)N1C(=O)C(C)(C)c2ccc(-c3cnc(C)nc3)cc21. The van der Waals surface area contributed by atoms with Crippen LogP contribution in [0, 0.1) is 12.8 Å². The number of hydrogen-bond acceptors (Lipinski definition) is 5. The number of anilines is 1. The van der Waals surface area contributed by atoms with E-state index in [1.54, 1.807) is 4.90 Å². The van der Waals surface area contributed by atoms with Gasteiger partial charge in [0, 0.05) is 23.7 Å². The van der Waals surface area contributed by atoms with Gasteiger partial charge in [0.15, 0.2) is 0 Å². The van der Waals surface area contributed by atoms with E-state index in [0.717, 1.165) is 33.9 Å². The molecule has 1 aliphatic heterocycles. The number of nitrogens with zero attached hydrogens (tertiary/aromatic N) is 5. The van der Waals surface area contributed by atoms with E-state index >= 15 is 0 Å².